The molecule has 1 saturated heterocycles. The van der Waals surface area contributed by atoms with Crippen LogP contribution in [0.2, 0.25) is 0 Å². The van der Waals surface area contributed by atoms with Gasteiger partial charge in [0.2, 0.25) is 0 Å². The molecule has 0 amide bonds. The molecular weight excluding hydrogens is 436 g/mol. The average Bonchev–Trinajstić information content (AvgIpc) is 2.72. The molecule has 2 unspecified atom stereocenters. The van der Waals surface area contributed by atoms with Crippen molar-refractivity contribution in [1.82, 2.24) is 10.2 Å². The summed E-state index contributed by atoms with van der Waals surface area (Å²) in [6.45, 7) is 3.97. The summed E-state index contributed by atoms with van der Waals surface area (Å²) in [7, 11) is 0. The number of alkyl halides is 3. The predicted molar refractivity (Wildman–Crippen MR) is 117 cm³/mol. The maximum absolute atomic E-state index is 13.3. The van der Waals surface area contributed by atoms with Gasteiger partial charge in [0.25, 0.3) is 0 Å². The molecule has 2 aromatic rings. The fourth-order valence-electron chi connectivity index (χ4n) is 4.29. The van der Waals surface area contributed by atoms with Gasteiger partial charge in [-0.25, -0.2) is 0 Å². The molecule has 1 N–H and O–H groups in total. The topological polar surface area (TPSA) is 24.5 Å². The summed E-state index contributed by atoms with van der Waals surface area (Å²) in [5.41, 5.74) is 2.57. The molecule has 2 aliphatic rings. The smallest absolute Gasteiger partial charge is 0.373 e. The van der Waals surface area contributed by atoms with Gasteiger partial charge in [-0.05, 0) is 41.7 Å². The quantitative estimate of drug-likeness (QED) is 0.675. The lowest BCUT2D eigenvalue weighted by molar-refractivity contribution is -0.137. The van der Waals surface area contributed by atoms with Gasteiger partial charge in [0.05, 0.1) is 18.3 Å². The Balaban J connectivity index is 0.00000160. The first-order valence-electron chi connectivity index (χ1n) is 9.84. The van der Waals surface area contributed by atoms with Gasteiger partial charge in [-0.15, -0.1) is 24.8 Å². The van der Waals surface area contributed by atoms with E-state index in [2.05, 4.69) is 22.3 Å². The van der Waals surface area contributed by atoms with E-state index in [9.17, 15) is 13.2 Å². The zero-order chi connectivity index (χ0) is 19.6. The van der Waals surface area contributed by atoms with E-state index < -0.39 is 11.7 Å². The molecule has 0 bridgehead atoms. The van der Waals surface area contributed by atoms with Crippen molar-refractivity contribution in [2.45, 2.75) is 31.2 Å². The van der Waals surface area contributed by atoms with Crippen LogP contribution in [0.5, 0.6) is 0 Å². The minimum atomic E-state index is -4.34. The standard InChI is InChI=1S/C22H25F3N2O.2ClH/c23-22(24,25)18-6-3-5-17(14-18)20(27-11-9-26-10-12-27)15-21-19-7-2-1-4-16(19)8-13-28-21;;/h1-7,14,20-21,26H,8-13,15H2;2*1H. The third-order valence-corrected chi connectivity index (χ3v) is 5.72. The average molecular weight is 463 g/mol. The number of ether oxygens (including phenoxy) is 1. The zero-order valence-corrected chi connectivity index (χ0v) is 18.2. The van der Waals surface area contributed by atoms with Crippen molar-refractivity contribution in [2.24, 2.45) is 0 Å². The first-order valence-corrected chi connectivity index (χ1v) is 9.84. The maximum Gasteiger partial charge on any atom is 0.416 e. The van der Waals surface area contributed by atoms with E-state index in [4.69, 9.17) is 4.74 Å². The number of hydrogen-bond acceptors (Lipinski definition) is 3. The summed E-state index contributed by atoms with van der Waals surface area (Å²) in [6, 6.07) is 13.9. The van der Waals surface area contributed by atoms with Gasteiger partial charge in [-0.1, -0.05) is 36.4 Å². The van der Waals surface area contributed by atoms with Crippen molar-refractivity contribution in [3.8, 4) is 0 Å². The van der Waals surface area contributed by atoms with Crippen LogP contribution in [0.1, 0.15) is 40.8 Å². The van der Waals surface area contributed by atoms with Crippen LogP contribution in [-0.2, 0) is 17.3 Å². The van der Waals surface area contributed by atoms with Crippen LogP contribution in [0.4, 0.5) is 13.2 Å². The number of benzene rings is 2. The van der Waals surface area contributed by atoms with Crippen molar-refractivity contribution >= 4 is 24.8 Å². The van der Waals surface area contributed by atoms with Gasteiger partial charge in [0.15, 0.2) is 0 Å². The Morgan fingerprint density at radius 1 is 1.03 bits per heavy atom. The summed E-state index contributed by atoms with van der Waals surface area (Å²) in [6.07, 6.45) is -2.90. The second kappa shape index (κ2) is 10.8. The molecule has 2 aliphatic heterocycles. The molecular formula is C22H27Cl2F3N2O. The number of nitrogens with zero attached hydrogens (tertiary/aromatic N) is 1. The minimum absolute atomic E-state index is 0. The molecule has 0 saturated carbocycles. The molecule has 0 spiro atoms. The Hall–Kier alpha value is -1.31. The summed E-state index contributed by atoms with van der Waals surface area (Å²) < 4.78 is 45.9. The Labute approximate surface area is 187 Å². The number of rotatable bonds is 4. The molecule has 2 heterocycles. The Morgan fingerprint density at radius 2 is 1.77 bits per heavy atom. The maximum atomic E-state index is 13.3. The number of fused-ring (bicyclic) bond motifs is 1. The molecule has 8 heteroatoms. The van der Waals surface area contributed by atoms with Gasteiger partial charge in [0, 0.05) is 32.2 Å². The van der Waals surface area contributed by atoms with Crippen LogP contribution in [-0.4, -0.2) is 37.7 Å². The molecule has 2 aromatic carbocycles. The fraction of sp³-hybridized carbons (Fsp3) is 0.455. The summed E-state index contributed by atoms with van der Waals surface area (Å²) in [5.74, 6) is 0. The highest BCUT2D eigenvalue weighted by atomic mass is 35.5. The zero-order valence-electron chi connectivity index (χ0n) is 16.5. The SMILES string of the molecule is Cl.Cl.FC(F)(F)c1cccc(C(CC2OCCc3ccccc32)N2CCNCC2)c1. The lowest BCUT2D eigenvalue weighted by atomic mass is 9.90. The number of nitrogens with one attached hydrogen (secondary N) is 1. The molecule has 2 atom stereocenters. The number of hydrogen-bond donors (Lipinski definition) is 1. The molecule has 0 radical (unpaired) electrons. The second-order valence-corrected chi connectivity index (χ2v) is 7.47. The minimum Gasteiger partial charge on any atom is -0.373 e. The van der Waals surface area contributed by atoms with Gasteiger partial charge in [-0.3, -0.25) is 4.90 Å². The summed E-state index contributed by atoms with van der Waals surface area (Å²) >= 11 is 0. The summed E-state index contributed by atoms with van der Waals surface area (Å²) in [5, 5.41) is 3.32. The highest BCUT2D eigenvalue weighted by Crippen LogP contribution is 2.39. The van der Waals surface area contributed by atoms with E-state index >= 15 is 0 Å². The monoisotopic (exact) mass is 462 g/mol. The fourth-order valence-corrected chi connectivity index (χ4v) is 4.29. The van der Waals surface area contributed by atoms with Crippen molar-refractivity contribution in [1.29, 1.82) is 0 Å². The van der Waals surface area contributed by atoms with Crippen LogP contribution in [0.25, 0.3) is 0 Å². The van der Waals surface area contributed by atoms with Gasteiger partial charge >= 0.3 is 6.18 Å². The molecule has 0 aromatic heterocycles. The van der Waals surface area contributed by atoms with Crippen molar-refractivity contribution < 1.29 is 17.9 Å². The number of halogens is 5. The van der Waals surface area contributed by atoms with Crippen LogP contribution >= 0.6 is 24.8 Å². The van der Waals surface area contributed by atoms with E-state index in [1.165, 1.54) is 23.3 Å². The van der Waals surface area contributed by atoms with Gasteiger partial charge in [0.1, 0.15) is 0 Å². The second-order valence-electron chi connectivity index (χ2n) is 7.47. The molecule has 4 rings (SSSR count). The Kier molecular flexibility index (Phi) is 9.00. The first kappa shape index (κ1) is 25.0. The van der Waals surface area contributed by atoms with Crippen LogP contribution in [0.15, 0.2) is 48.5 Å². The Bertz CT molecular complexity index is 813. The Morgan fingerprint density at radius 3 is 2.50 bits per heavy atom. The highest BCUT2D eigenvalue weighted by molar-refractivity contribution is 5.85. The third-order valence-electron chi connectivity index (χ3n) is 5.72. The lowest BCUT2D eigenvalue weighted by Gasteiger charge is -2.38. The molecule has 1 fully saturated rings. The summed E-state index contributed by atoms with van der Waals surface area (Å²) in [4.78, 5) is 2.28. The van der Waals surface area contributed by atoms with Crippen LogP contribution in [0, 0.1) is 0 Å². The van der Waals surface area contributed by atoms with Crippen LogP contribution in [0.3, 0.4) is 0 Å². The van der Waals surface area contributed by atoms with E-state index in [1.54, 1.807) is 0 Å². The van der Waals surface area contributed by atoms with E-state index in [-0.39, 0.29) is 37.0 Å². The predicted octanol–water partition coefficient (Wildman–Crippen LogP) is 5.20. The van der Waals surface area contributed by atoms with Crippen molar-refractivity contribution in [2.75, 3.05) is 32.8 Å². The van der Waals surface area contributed by atoms with Gasteiger partial charge in [-0.2, -0.15) is 13.2 Å². The normalized spacial score (nSPS) is 20.4. The lowest BCUT2D eigenvalue weighted by Crippen LogP contribution is -2.45. The van der Waals surface area contributed by atoms with E-state index in [1.807, 2.05) is 18.2 Å². The first-order chi connectivity index (χ1) is 13.5. The molecule has 166 valence electrons. The van der Waals surface area contributed by atoms with E-state index in [0.717, 1.165) is 38.7 Å². The molecule has 0 aliphatic carbocycles. The van der Waals surface area contributed by atoms with Gasteiger partial charge < -0.3 is 10.1 Å². The van der Waals surface area contributed by atoms with Crippen molar-refractivity contribution in [3.05, 3.63) is 70.8 Å². The molecule has 3 nitrogen and oxygen atoms in total. The van der Waals surface area contributed by atoms with E-state index in [0.29, 0.717) is 18.6 Å². The number of piperazine rings is 1. The van der Waals surface area contributed by atoms with Crippen LogP contribution < -0.4 is 5.32 Å². The molecule has 30 heavy (non-hydrogen) atoms. The third kappa shape index (κ3) is 5.68. The largest absolute Gasteiger partial charge is 0.416 e. The van der Waals surface area contributed by atoms with Crippen molar-refractivity contribution in [3.63, 3.8) is 0 Å². The highest BCUT2D eigenvalue weighted by Gasteiger charge is 2.33.